The molecule has 4 N–H and O–H groups in total. The molecular weight excluding hydrogens is 392 g/mol. The second kappa shape index (κ2) is 8.99. The van der Waals surface area contributed by atoms with E-state index >= 15 is 0 Å². The summed E-state index contributed by atoms with van der Waals surface area (Å²) in [5.74, 6) is 1.58. The Bertz CT molecular complexity index is 933. The first-order valence-electron chi connectivity index (χ1n) is 11.0. The average molecular weight is 425 g/mol. The smallest absolute Gasteiger partial charge is 0.154 e. The van der Waals surface area contributed by atoms with E-state index in [1.54, 1.807) is 14.2 Å². The van der Waals surface area contributed by atoms with Crippen molar-refractivity contribution in [2.24, 2.45) is 23.5 Å². The Morgan fingerprint density at radius 2 is 1.81 bits per heavy atom. The maximum absolute atomic E-state index is 13.3. The Morgan fingerprint density at radius 3 is 2.52 bits per heavy atom. The summed E-state index contributed by atoms with van der Waals surface area (Å²) in [6.45, 7) is 1.06. The van der Waals surface area contributed by atoms with Gasteiger partial charge in [-0.05, 0) is 43.4 Å². The van der Waals surface area contributed by atoms with Gasteiger partial charge in [-0.25, -0.2) is 0 Å². The summed E-state index contributed by atoms with van der Waals surface area (Å²) in [5, 5.41) is 15.4. The molecule has 2 fully saturated rings. The van der Waals surface area contributed by atoms with Crippen molar-refractivity contribution in [3.8, 4) is 11.5 Å². The van der Waals surface area contributed by atoms with Crippen molar-refractivity contribution >= 4 is 5.78 Å². The van der Waals surface area contributed by atoms with E-state index in [0.29, 0.717) is 31.7 Å². The van der Waals surface area contributed by atoms with Gasteiger partial charge in [-0.2, -0.15) is 0 Å². The molecule has 0 aromatic heterocycles. The maximum Gasteiger partial charge on any atom is 0.154 e. The summed E-state index contributed by atoms with van der Waals surface area (Å²) in [7, 11) is 3.24. The fourth-order valence-corrected chi connectivity index (χ4v) is 5.66. The highest BCUT2D eigenvalue weighted by atomic mass is 16.5. The number of methoxy groups -OCH3 is 2. The number of ketones is 1. The molecular formula is C25H32N2O4. The summed E-state index contributed by atoms with van der Waals surface area (Å²) in [4.78, 5) is 13.3. The number of rotatable bonds is 7. The first kappa shape index (κ1) is 21.8. The zero-order chi connectivity index (χ0) is 22.0. The normalized spacial score (nSPS) is 29.9. The largest absolute Gasteiger partial charge is 0.496 e. The number of nitrogens with one attached hydrogen (secondary N) is 1. The fraction of sp³-hybridized carbons (Fsp3) is 0.480. The lowest BCUT2D eigenvalue weighted by Crippen LogP contribution is -2.49. The van der Waals surface area contributed by atoms with Crippen molar-refractivity contribution in [2.75, 3.05) is 27.3 Å². The van der Waals surface area contributed by atoms with Crippen LogP contribution in [0.4, 0.5) is 0 Å². The highest BCUT2D eigenvalue weighted by Gasteiger charge is 2.55. The summed E-state index contributed by atoms with van der Waals surface area (Å²) in [6, 6.07) is 14.9. The van der Waals surface area contributed by atoms with Crippen LogP contribution < -0.4 is 20.5 Å². The predicted octanol–water partition coefficient (Wildman–Crippen LogP) is 2.28. The Kier molecular flexibility index (Phi) is 6.32. The van der Waals surface area contributed by atoms with Gasteiger partial charge in [-0.3, -0.25) is 4.79 Å². The number of carbonyl (C=O) groups is 1. The van der Waals surface area contributed by atoms with Crippen LogP contribution in [0.5, 0.6) is 11.5 Å². The second-order valence-corrected chi connectivity index (χ2v) is 8.78. The average Bonchev–Trinajstić information content (AvgIpc) is 3.24. The summed E-state index contributed by atoms with van der Waals surface area (Å²) in [6.07, 6.45) is 1.69. The molecule has 1 saturated heterocycles. The van der Waals surface area contributed by atoms with Gasteiger partial charge in [0, 0.05) is 30.0 Å². The first-order valence-corrected chi connectivity index (χ1v) is 11.0. The van der Waals surface area contributed by atoms with Gasteiger partial charge in [0.25, 0.3) is 0 Å². The van der Waals surface area contributed by atoms with Crippen molar-refractivity contribution in [3.63, 3.8) is 0 Å². The van der Waals surface area contributed by atoms with Crippen LogP contribution in [0.2, 0.25) is 0 Å². The molecule has 1 heterocycles. The van der Waals surface area contributed by atoms with Crippen LogP contribution in [0, 0.1) is 17.8 Å². The first-order chi connectivity index (χ1) is 15.0. The number of hydrogen-bond donors (Lipinski definition) is 3. The molecule has 0 radical (unpaired) electrons. The van der Waals surface area contributed by atoms with Gasteiger partial charge in [0.15, 0.2) is 5.78 Å². The van der Waals surface area contributed by atoms with Crippen LogP contribution in [-0.2, 0) is 16.8 Å². The minimum absolute atomic E-state index is 0.0134. The maximum atomic E-state index is 13.3. The minimum Gasteiger partial charge on any atom is -0.496 e. The van der Waals surface area contributed by atoms with Gasteiger partial charge in [-0.1, -0.05) is 36.4 Å². The third kappa shape index (κ3) is 3.95. The topological polar surface area (TPSA) is 93.8 Å². The standard InChI is InChI=1S/C25H32N2O4/c1-30-22-9-5-3-7-17(22)12-21(28)24-18-11-16(14-26)13-25(29,20(18)15-27-24)19-8-4-6-10-23(19)31-2/h3-10,16,18,20,24,27,29H,11-15,26H2,1-2H3. The number of hydrogen-bond acceptors (Lipinski definition) is 6. The molecule has 0 spiro atoms. The van der Waals surface area contributed by atoms with Crippen LogP contribution in [0.1, 0.15) is 24.0 Å². The Labute approximate surface area is 183 Å². The number of aliphatic hydroxyl groups is 1. The molecule has 2 aromatic carbocycles. The van der Waals surface area contributed by atoms with Crippen molar-refractivity contribution in [3.05, 3.63) is 59.7 Å². The minimum atomic E-state index is -1.09. The van der Waals surface area contributed by atoms with E-state index in [-0.39, 0.29) is 29.6 Å². The van der Waals surface area contributed by atoms with Gasteiger partial charge in [0.1, 0.15) is 11.5 Å². The quantitative estimate of drug-likeness (QED) is 0.631. The van der Waals surface area contributed by atoms with E-state index in [0.717, 1.165) is 23.3 Å². The van der Waals surface area contributed by atoms with Crippen LogP contribution in [0.15, 0.2) is 48.5 Å². The van der Waals surface area contributed by atoms with Crippen molar-refractivity contribution in [1.29, 1.82) is 0 Å². The number of benzene rings is 2. The molecule has 6 heteroatoms. The molecule has 166 valence electrons. The van der Waals surface area contributed by atoms with Gasteiger partial charge in [0.2, 0.25) is 0 Å². The summed E-state index contributed by atoms with van der Waals surface area (Å²) in [5.41, 5.74) is 6.65. The van der Waals surface area contributed by atoms with Gasteiger partial charge < -0.3 is 25.6 Å². The fourth-order valence-electron chi connectivity index (χ4n) is 5.66. The van der Waals surface area contributed by atoms with Crippen molar-refractivity contribution < 1.29 is 19.4 Å². The SMILES string of the molecule is COc1ccccc1CC(=O)C1NCC2C1CC(CN)CC2(O)c1ccccc1OC. The zero-order valence-corrected chi connectivity index (χ0v) is 18.2. The molecule has 5 atom stereocenters. The highest BCUT2D eigenvalue weighted by molar-refractivity contribution is 5.87. The lowest BCUT2D eigenvalue weighted by molar-refractivity contribution is -0.124. The lowest BCUT2D eigenvalue weighted by Gasteiger charge is -2.46. The third-order valence-electron chi connectivity index (χ3n) is 7.13. The van der Waals surface area contributed by atoms with Crippen LogP contribution in [-0.4, -0.2) is 44.2 Å². The van der Waals surface area contributed by atoms with Crippen LogP contribution in [0.25, 0.3) is 0 Å². The van der Waals surface area contributed by atoms with Crippen molar-refractivity contribution in [2.45, 2.75) is 30.9 Å². The molecule has 2 aliphatic rings. The Hall–Kier alpha value is -2.41. The zero-order valence-electron chi connectivity index (χ0n) is 18.2. The second-order valence-electron chi connectivity index (χ2n) is 8.78. The molecule has 1 saturated carbocycles. The number of fused-ring (bicyclic) bond motifs is 1. The highest BCUT2D eigenvalue weighted by Crippen LogP contribution is 2.52. The van der Waals surface area contributed by atoms with Gasteiger partial charge in [0.05, 0.1) is 25.9 Å². The number of Topliss-reactive ketones (excluding diaryl/α,β-unsaturated/α-hetero) is 1. The summed E-state index contributed by atoms with van der Waals surface area (Å²) < 4.78 is 11.0. The molecule has 31 heavy (non-hydrogen) atoms. The van der Waals surface area contributed by atoms with E-state index < -0.39 is 5.60 Å². The van der Waals surface area contributed by atoms with Crippen LogP contribution in [0.3, 0.4) is 0 Å². The number of ether oxygens (including phenoxy) is 2. The molecule has 4 rings (SSSR count). The Morgan fingerprint density at radius 1 is 1.13 bits per heavy atom. The third-order valence-corrected chi connectivity index (χ3v) is 7.13. The monoisotopic (exact) mass is 424 g/mol. The number of nitrogens with two attached hydrogens (primary N) is 1. The van der Waals surface area contributed by atoms with E-state index in [9.17, 15) is 9.90 Å². The van der Waals surface area contributed by atoms with E-state index in [1.165, 1.54) is 0 Å². The predicted molar refractivity (Wildman–Crippen MR) is 119 cm³/mol. The van der Waals surface area contributed by atoms with E-state index in [1.807, 2.05) is 48.5 Å². The molecule has 6 nitrogen and oxygen atoms in total. The van der Waals surface area contributed by atoms with Gasteiger partial charge >= 0.3 is 0 Å². The van der Waals surface area contributed by atoms with E-state index in [4.69, 9.17) is 15.2 Å². The molecule has 1 aliphatic carbocycles. The molecule has 1 aliphatic heterocycles. The number of carbonyl (C=O) groups excluding carboxylic acids is 1. The Balaban J connectivity index is 1.63. The van der Waals surface area contributed by atoms with Crippen LogP contribution >= 0.6 is 0 Å². The van der Waals surface area contributed by atoms with Crippen molar-refractivity contribution in [1.82, 2.24) is 5.32 Å². The molecule has 5 unspecified atom stereocenters. The number of para-hydroxylation sites is 2. The summed E-state index contributed by atoms with van der Waals surface area (Å²) >= 11 is 0. The van der Waals surface area contributed by atoms with Gasteiger partial charge in [-0.15, -0.1) is 0 Å². The molecule has 2 aromatic rings. The lowest BCUT2D eigenvalue weighted by atomic mass is 9.62. The van der Waals surface area contributed by atoms with E-state index in [2.05, 4.69) is 5.32 Å². The molecule has 0 amide bonds. The molecule has 0 bridgehead atoms.